The van der Waals surface area contributed by atoms with Crippen LogP contribution in [0, 0.1) is 0 Å². The second kappa shape index (κ2) is 6.58. The number of hydrogen-bond donors (Lipinski definition) is 1. The molecule has 4 aromatic rings. The van der Waals surface area contributed by atoms with Gasteiger partial charge in [0.15, 0.2) is 0 Å². The Morgan fingerprint density at radius 1 is 1.04 bits per heavy atom. The molecule has 1 aliphatic rings. The Morgan fingerprint density at radius 3 is 2.68 bits per heavy atom. The van der Waals surface area contributed by atoms with Crippen LogP contribution in [0.3, 0.4) is 0 Å². The van der Waals surface area contributed by atoms with Crippen LogP contribution in [0.1, 0.15) is 23.1 Å². The second-order valence-corrected chi connectivity index (χ2v) is 9.74. The van der Waals surface area contributed by atoms with E-state index in [-0.39, 0.29) is 6.61 Å². The van der Waals surface area contributed by atoms with Gasteiger partial charge in [-0.05, 0) is 36.5 Å². The Labute approximate surface area is 167 Å². The van der Waals surface area contributed by atoms with Crippen LogP contribution in [0.2, 0.25) is 0 Å². The van der Waals surface area contributed by atoms with Gasteiger partial charge in [-0.2, -0.15) is 0 Å². The van der Waals surface area contributed by atoms with Crippen molar-refractivity contribution in [1.29, 1.82) is 0 Å². The van der Waals surface area contributed by atoms with E-state index in [0.717, 1.165) is 46.0 Å². The number of rotatable bonds is 3. The first-order valence-electron chi connectivity index (χ1n) is 9.25. The Bertz CT molecular complexity index is 1300. The molecule has 6 heteroatoms. The summed E-state index contributed by atoms with van der Waals surface area (Å²) in [5.41, 5.74) is 4.42. The van der Waals surface area contributed by atoms with Crippen LogP contribution >= 0.6 is 11.3 Å². The molecule has 0 atom stereocenters. The molecule has 0 amide bonds. The van der Waals surface area contributed by atoms with Gasteiger partial charge in [-0.1, -0.05) is 42.5 Å². The fourth-order valence-corrected chi connectivity index (χ4v) is 7.04. The molecule has 2 aromatic carbocycles. The largest absolute Gasteiger partial charge is 0.392 e. The molecule has 1 N–H and O–H groups in total. The Morgan fingerprint density at radius 2 is 1.82 bits per heavy atom. The topological polar surface area (TPSA) is 59.3 Å². The van der Waals surface area contributed by atoms with E-state index >= 15 is 0 Å². The van der Waals surface area contributed by atoms with Crippen LogP contribution in [0.4, 0.5) is 0 Å². The lowest BCUT2D eigenvalue weighted by Gasteiger charge is -2.13. The molecule has 0 spiro atoms. The highest BCUT2D eigenvalue weighted by molar-refractivity contribution is 7.90. The quantitative estimate of drug-likeness (QED) is 0.538. The number of hydrogen-bond acceptors (Lipinski definition) is 4. The molecule has 0 fully saturated rings. The Balaban J connectivity index is 1.82. The molecule has 0 radical (unpaired) electrons. The first-order valence-corrected chi connectivity index (χ1v) is 11.6. The van der Waals surface area contributed by atoms with Crippen molar-refractivity contribution < 1.29 is 13.5 Å². The molecule has 0 saturated carbocycles. The van der Waals surface area contributed by atoms with Gasteiger partial charge in [0, 0.05) is 32.8 Å². The van der Waals surface area contributed by atoms with Gasteiger partial charge >= 0.3 is 0 Å². The van der Waals surface area contributed by atoms with E-state index < -0.39 is 10.0 Å². The van der Waals surface area contributed by atoms with E-state index in [1.807, 2.05) is 42.5 Å². The summed E-state index contributed by atoms with van der Waals surface area (Å²) in [6, 6.07) is 15.5. The fourth-order valence-electron chi connectivity index (χ4n) is 4.14. The third kappa shape index (κ3) is 2.56. The van der Waals surface area contributed by atoms with Crippen molar-refractivity contribution in [3.63, 3.8) is 0 Å². The van der Waals surface area contributed by atoms with Crippen molar-refractivity contribution in [3.8, 4) is 11.3 Å². The zero-order valence-corrected chi connectivity index (χ0v) is 16.8. The van der Waals surface area contributed by atoms with Gasteiger partial charge in [0.2, 0.25) is 0 Å². The number of thiophene rings is 1. The highest BCUT2D eigenvalue weighted by atomic mass is 32.2. The van der Waals surface area contributed by atoms with E-state index in [1.54, 1.807) is 11.6 Å². The third-order valence-electron chi connectivity index (χ3n) is 5.46. The standard InChI is InChI=1S/C22H19NO3S2/c24-13-16-12-23(22-17-8-2-1-6-15(17)7-5-10-18(16)22)28(25,26)21-14-27-20-11-4-3-9-19(20)21/h1-4,6,8-9,11-12,14,24H,5,7,10,13H2. The van der Waals surface area contributed by atoms with Crippen LogP contribution < -0.4 is 0 Å². The van der Waals surface area contributed by atoms with Crippen LogP contribution in [0.5, 0.6) is 0 Å². The van der Waals surface area contributed by atoms with Crippen LogP contribution in [-0.4, -0.2) is 17.5 Å². The molecular formula is C22H19NO3S2. The minimum absolute atomic E-state index is 0.169. The molecule has 2 aromatic heterocycles. The van der Waals surface area contributed by atoms with Gasteiger partial charge in [-0.3, -0.25) is 0 Å². The van der Waals surface area contributed by atoms with Crippen molar-refractivity contribution in [2.24, 2.45) is 0 Å². The van der Waals surface area contributed by atoms with Crippen molar-refractivity contribution >= 4 is 31.4 Å². The maximum Gasteiger partial charge on any atom is 0.269 e. The molecule has 4 nitrogen and oxygen atoms in total. The fraction of sp³-hybridized carbons (Fsp3) is 0.182. The molecule has 0 saturated heterocycles. The highest BCUT2D eigenvalue weighted by Gasteiger charge is 2.29. The minimum atomic E-state index is -3.80. The number of nitrogens with zero attached hydrogens (tertiary/aromatic N) is 1. The molecule has 1 aliphatic carbocycles. The lowest BCUT2D eigenvalue weighted by atomic mass is 10.0. The van der Waals surface area contributed by atoms with Crippen molar-refractivity contribution in [3.05, 3.63) is 76.8 Å². The van der Waals surface area contributed by atoms with Gasteiger partial charge in [0.05, 0.1) is 12.3 Å². The average Bonchev–Trinajstić information content (AvgIpc) is 3.26. The zero-order valence-electron chi connectivity index (χ0n) is 15.1. The van der Waals surface area contributed by atoms with Gasteiger partial charge in [-0.25, -0.2) is 12.4 Å². The summed E-state index contributed by atoms with van der Waals surface area (Å²) in [6.07, 6.45) is 4.20. The van der Waals surface area contributed by atoms with Crippen LogP contribution in [0.15, 0.2) is 65.0 Å². The van der Waals surface area contributed by atoms with E-state index in [0.29, 0.717) is 16.2 Å². The van der Waals surface area contributed by atoms with Gasteiger partial charge in [0.25, 0.3) is 10.0 Å². The molecular weight excluding hydrogens is 390 g/mol. The number of aliphatic hydroxyl groups excluding tert-OH is 1. The molecule has 5 rings (SSSR count). The third-order valence-corrected chi connectivity index (χ3v) is 8.28. The monoisotopic (exact) mass is 409 g/mol. The Hall–Kier alpha value is -2.41. The Kier molecular flexibility index (Phi) is 4.16. The molecule has 0 bridgehead atoms. The second-order valence-electron chi connectivity index (χ2n) is 7.05. The summed E-state index contributed by atoms with van der Waals surface area (Å²) in [7, 11) is -3.80. The summed E-state index contributed by atoms with van der Waals surface area (Å²) in [6.45, 7) is -0.169. The predicted molar refractivity (Wildman–Crippen MR) is 112 cm³/mol. The molecule has 2 heterocycles. The number of benzene rings is 2. The normalized spacial score (nSPS) is 13.9. The zero-order chi connectivity index (χ0) is 19.3. The molecule has 142 valence electrons. The van der Waals surface area contributed by atoms with Gasteiger partial charge in [0.1, 0.15) is 4.90 Å². The van der Waals surface area contributed by atoms with Crippen LogP contribution in [0.25, 0.3) is 21.3 Å². The predicted octanol–water partition coefficient (Wildman–Crippen LogP) is 4.59. The van der Waals surface area contributed by atoms with Gasteiger partial charge < -0.3 is 5.11 Å². The maximum atomic E-state index is 13.7. The first kappa shape index (κ1) is 17.7. The smallest absolute Gasteiger partial charge is 0.269 e. The minimum Gasteiger partial charge on any atom is -0.392 e. The molecule has 28 heavy (non-hydrogen) atoms. The SMILES string of the molecule is O=S(=O)(c1csc2ccccc12)n1cc(CO)c2c1-c1ccccc1CCC2. The van der Waals surface area contributed by atoms with E-state index in [2.05, 4.69) is 6.07 Å². The number of aromatic nitrogens is 1. The van der Waals surface area contributed by atoms with E-state index in [4.69, 9.17) is 0 Å². The van der Waals surface area contributed by atoms with E-state index in [1.165, 1.54) is 15.3 Å². The number of aliphatic hydroxyl groups is 1. The summed E-state index contributed by atoms with van der Waals surface area (Å²) < 4.78 is 29.8. The number of fused-ring (bicyclic) bond motifs is 4. The summed E-state index contributed by atoms with van der Waals surface area (Å²) >= 11 is 1.43. The summed E-state index contributed by atoms with van der Waals surface area (Å²) in [4.78, 5) is 0.317. The first-order chi connectivity index (χ1) is 13.6. The number of aryl methyl sites for hydroxylation is 1. The van der Waals surface area contributed by atoms with Crippen LogP contribution in [-0.2, 0) is 29.5 Å². The lowest BCUT2D eigenvalue weighted by molar-refractivity contribution is 0.281. The lowest BCUT2D eigenvalue weighted by Crippen LogP contribution is -2.13. The summed E-state index contributed by atoms with van der Waals surface area (Å²) in [5, 5.41) is 12.4. The average molecular weight is 410 g/mol. The van der Waals surface area contributed by atoms with Crippen molar-refractivity contribution in [2.75, 3.05) is 0 Å². The maximum absolute atomic E-state index is 13.7. The highest BCUT2D eigenvalue weighted by Crippen LogP contribution is 2.39. The van der Waals surface area contributed by atoms with Gasteiger partial charge in [-0.15, -0.1) is 11.3 Å². The molecule has 0 aliphatic heterocycles. The summed E-state index contributed by atoms with van der Waals surface area (Å²) in [5.74, 6) is 0. The van der Waals surface area contributed by atoms with Crippen molar-refractivity contribution in [1.82, 2.24) is 3.97 Å². The molecule has 0 unspecified atom stereocenters. The van der Waals surface area contributed by atoms with Crippen molar-refractivity contribution in [2.45, 2.75) is 30.8 Å². The van der Waals surface area contributed by atoms with E-state index in [9.17, 15) is 13.5 Å².